The van der Waals surface area contributed by atoms with Crippen molar-refractivity contribution in [3.63, 3.8) is 0 Å². The Morgan fingerprint density at radius 3 is 2.27 bits per heavy atom. The van der Waals surface area contributed by atoms with Crippen molar-refractivity contribution in [3.05, 3.63) is 71.3 Å². The Morgan fingerprint density at radius 1 is 0.955 bits per heavy atom. The summed E-state index contributed by atoms with van der Waals surface area (Å²) < 4.78 is 16.2. The molecular weight excluding hydrogens is 278 g/mol. The lowest BCUT2D eigenvalue weighted by Crippen LogP contribution is -2.11. The van der Waals surface area contributed by atoms with Gasteiger partial charge in [0.25, 0.3) is 0 Å². The van der Waals surface area contributed by atoms with Crippen molar-refractivity contribution in [3.8, 4) is 6.07 Å². The summed E-state index contributed by atoms with van der Waals surface area (Å²) in [5.41, 5.74) is 2.66. The first-order chi connectivity index (χ1) is 10.8. The Hall–Kier alpha value is -2.19. The minimum atomic E-state index is -0.225. The van der Waals surface area contributed by atoms with Gasteiger partial charge in [0.2, 0.25) is 0 Å². The van der Waals surface area contributed by atoms with Gasteiger partial charge in [0.1, 0.15) is 12.9 Å². The number of nitrogens with zero attached hydrogens (tertiary/aromatic N) is 1. The molecule has 4 heteroatoms. The molecule has 0 aliphatic heterocycles. The zero-order valence-corrected chi connectivity index (χ0v) is 12.6. The molecule has 0 aliphatic rings. The highest BCUT2D eigenvalue weighted by molar-refractivity contribution is 5.36. The fraction of sp³-hybridized carbons (Fsp3) is 0.278. The molecule has 0 saturated heterocycles. The second kappa shape index (κ2) is 8.96. The van der Waals surface area contributed by atoms with Crippen molar-refractivity contribution < 1.29 is 14.2 Å². The first-order valence-electron chi connectivity index (χ1n) is 7.08. The smallest absolute Gasteiger partial charge is 0.148 e. The standard InChI is InChI=1S/C18H19NO3/c1-20-11-12-21-14-22-18(16-5-3-2-4-6-16)17-9-7-15(13-19)8-10-17/h2-10,18H,11-12,14H2,1H3. The lowest BCUT2D eigenvalue weighted by molar-refractivity contribution is -0.0879. The summed E-state index contributed by atoms with van der Waals surface area (Å²) in [5.74, 6) is 0. The number of methoxy groups -OCH3 is 1. The van der Waals surface area contributed by atoms with Crippen molar-refractivity contribution in [1.29, 1.82) is 5.26 Å². The van der Waals surface area contributed by atoms with E-state index in [0.29, 0.717) is 18.8 Å². The number of hydrogen-bond donors (Lipinski definition) is 0. The molecule has 0 aromatic heterocycles. The predicted octanol–water partition coefficient (Wildman–Crippen LogP) is 3.28. The summed E-state index contributed by atoms with van der Waals surface area (Å²) >= 11 is 0. The molecule has 2 aromatic carbocycles. The first kappa shape index (κ1) is 16.2. The maximum Gasteiger partial charge on any atom is 0.148 e. The van der Waals surface area contributed by atoms with Crippen LogP contribution in [0.4, 0.5) is 0 Å². The van der Waals surface area contributed by atoms with E-state index in [1.807, 2.05) is 42.5 Å². The zero-order chi connectivity index (χ0) is 15.6. The minimum Gasteiger partial charge on any atom is -0.382 e. The Bertz CT molecular complexity index is 590. The normalized spacial score (nSPS) is 11.8. The molecule has 2 rings (SSSR count). The van der Waals surface area contributed by atoms with Gasteiger partial charge in [-0.3, -0.25) is 0 Å². The second-order valence-corrected chi connectivity index (χ2v) is 4.71. The van der Waals surface area contributed by atoms with Crippen LogP contribution < -0.4 is 0 Å². The Balaban J connectivity index is 2.09. The monoisotopic (exact) mass is 297 g/mol. The maximum atomic E-state index is 8.89. The highest BCUT2D eigenvalue weighted by Crippen LogP contribution is 2.26. The molecule has 0 bridgehead atoms. The van der Waals surface area contributed by atoms with E-state index in [4.69, 9.17) is 19.5 Å². The molecule has 2 aromatic rings. The fourth-order valence-electron chi connectivity index (χ4n) is 2.06. The van der Waals surface area contributed by atoms with E-state index in [2.05, 4.69) is 6.07 Å². The number of benzene rings is 2. The summed E-state index contributed by atoms with van der Waals surface area (Å²) in [6.07, 6.45) is -0.225. The largest absolute Gasteiger partial charge is 0.382 e. The molecule has 1 atom stereocenters. The molecule has 0 spiro atoms. The van der Waals surface area contributed by atoms with Crippen molar-refractivity contribution in [2.24, 2.45) is 0 Å². The third-order valence-corrected chi connectivity index (χ3v) is 3.19. The highest BCUT2D eigenvalue weighted by Gasteiger charge is 2.14. The fourth-order valence-corrected chi connectivity index (χ4v) is 2.06. The Labute approximate surface area is 130 Å². The van der Waals surface area contributed by atoms with Crippen molar-refractivity contribution >= 4 is 0 Å². The van der Waals surface area contributed by atoms with Crippen LogP contribution in [-0.2, 0) is 14.2 Å². The Morgan fingerprint density at radius 2 is 1.64 bits per heavy atom. The third-order valence-electron chi connectivity index (χ3n) is 3.19. The maximum absolute atomic E-state index is 8.89. The lowest BCUT2D eigenvalue weighted by Gasteiger charge is -2.19. The van der Waals surface area contributed by atoms with Gasteiger partial charge in [-0.25, -0.2) is 0 Å². The van der Waals surface area contributed by atoms with Gasteiger partial charge in [-0.15, -0.1) is 0 Å². The van der Waals surface area contributed by atoms with Gasteiger partial charge in [-0.2, -0.15) is 5.26 Å². The summed E-state index contributed by atoms with van der Waals surface area (Å²) in [7, 11) is 1.63. The first-order valence-corrected chi connectivity index (χ1v) is 7.08. The zero-order valence-electron chi connectivity index (χ0n) is 12.6. The third kappa shape index (κ3) is 4.68. The average Bonchev–Trinajstić information content (AvgIpc) is 2.59. The van der Waals surface area contributed by atoms with E-state index in [9.17, 15) is 0 Å². The predicted molar refractivity (Wildman–Crippen MR) is 83.2 cm³/mol. The van der Waals surface area contributed by atoms with Gasteiger partial charge in [0, 0.05) is 7.11 Å². The summed E-state index contributed by atoms with van der Waals surface area (Å²) in [6, 6.07) is 19.5. The van der Waals surface area contributed by atoms with Crippen LogP contribution in [0, 0.1) is 11.3 Å². The molecule has 22 heavy (non-hydrogen) atoms. The SMILES string of the molecule is COCCOCOC(c1ccccc1)c1ccc(C#N)cc1. The topological polar surface area (TPSA) is 51.5 Å². The molecule has 0 fully saturated rings. The quantitative estimate of drug-likeness (QED) is 0.554. The molecule has 1 unspecified atom stereocenters. The second-order valence-electron chi connectivity index (χ2n) is 4.71. The van der Waals surface area contributed by atoms with Gasteiger partial charge in [0.05, 0.1) is 24.8 Å². The average molecular weight is 297 g/mol. The minimum absolute atomic E-state index is 0.183. The van der Waals surface area contributed by atoms with Crippen molar-refractivity contribution in [2.45, 2.75) is 6.10 Å². The highest BCUT2D eigenvalue weighted by atomic mass is 16.7. The summed E-state index contributed by atoms with van der Waals surface area (Å²) in [6.45, 7) is 1.21. The van der Waals surface area contributed by atoms with E-state index in [-0.39, 0.29) is 12.9 Å². The van der Waals surface area contributed by atoms with Gasteiger partial charge in [0.15, 0.2) is 0 Å². The van der Waals surface area contributed by atoms with E-state index in [1.54, 1.807) is 19.2 Å². The number of hydrogen-bond acceptors (Lipinski definition) is 4. The van der Waals surface area contributed by atoms with Crippen LogP contribution in [0.5, 0.6) is 0 Å². The number of nitriles is 1. The molecule has 0 aliphatic carbocycles. The van der Waals surface area contributed by atoms with E-state index < -0.39 is 0 Å². The molecule has 0 saturated carbocycles. The van der Waals surface area contributed by atoms with Crippen LogP contribution in [0.1, 0.15) is 22.8 Å². The van der Waals surface area contributed by atoms with Crippen LogP contribution in [0.2, 0.25) is 0 Å². The van der Waals surface area contributed by atoms with Crippen molar-refractivity contribution in [1.82, 2.24) is 0 Å². The van der Waals surface area contributed by atoms with E-state index in [1.165, 1.54) is 0 Å². The van der Waals surface area contributed by atoms with E-state index >= 15 is 0 Å². The molecule has 0 N–H and O–H groups in total. The molecule has 0 radical (unpaired) electrons. The molecule has 0 amide bonds. The van der Waals surface area contributed by atoms with Gasteiger partial charge < -0.3 is 14.2 Å². The van der Waals surface area contributed by atoms with Crippen LogP contribution in [0.25, 0.3) is 0 Å². The summed E-state index contributed by atoms with van der Waals surface area (Å²) in [4.78, 5) is 0. The van der Waals surface area contributed by atoms with Crippen molar-refractivity contribution in [2.75, 3.05) is 27.1 Å². The molecular formula is C18H19NO3. The van der Waals surface area contributed by atoms with Crippen LogP contribution >= 0.6 is 0 Å². The number of rotatable bonds is 8. The van der Waals surface area contributed by atoms with Crippen LogP contribution in [-0.4, -0.2) is 27.1 Å². The van der Waals surface area contributed by atoms with Crippen LogP contribution in [0.3, 0.4) is 0 Å². The van der Waals surface area contributed by atoms with Crippen LogP contribution in [0.15, 0.2) is 54.6 Å². The molecule has 0 heterocycles. The Kier molecular flexibility index (Phi) is 6.59. The van der Waals surface area contributed by atoms with Gasteiger partial charge >= 0.3 is 0 Å². The van der Waals surface area contributed by atoms with Gasteiger partial charge in [-0.05, 0) is 23.3 Å². The van der Waals surface area contributed by atoms with E-state index in [0.717, 1.165) is 11.1 Å². The van der Waals surface area contributed by atoms with Gasteiger partial charge in [-0.1, -0.05) is 42.5 Å². The number of ether oxygens (including phenoxy) is 3. The molecule has 114 valence electrons. The summed E-state index contributed by atoms with van der Waals surface area (Å²) in [5, 5.41) is 8.89. The lowest BCUT2D eigenvalue weighted by atomic mass is 10.0. The molecule has 4 nitrogen and oxygen atoms in total.